The molecule has 0 aliphatic heterocycles. The van der Waals surface area contributed by atoms with E-state index in [0.29, 0.717) is 25.7 Å². The van der Waals surface area contributed by atoms with Gasteiger partial charge >= 0.3 is 0 Å². The fourth-order valence-corrected chi connectivity index (χ4v) is 3.23. The maximum Gasteiger partial charge on any atom is 0.240 e. The van der Waals surface area contributed by atoms with E-state index in [-0.39, 0.29) is 4.90 Å². The molecule has 0 radical (unpaired) electrons. The lowest BCUT2D eigenvalue weighted by Gasteiger charge is -2.22. The van der Waals surface area contributed by atoms with Crippen molar-refractivity contribution in [3.63, 3.8) is 0 Å². The zero-order valence-electron chi connectivity index (χ0n) is 15.8. The third-order valence-corrected chi connectivity index (χ3v) is 5.35. The molecule has 27 heavy (non-hydrogen) atoms. The van der Waals surface area contributed by atoms with Gasteiger partial charge < -0.3 is 15.0 Å². The Bertz CT molecular complexity index is 854. The van der Waals surface area contributed by atoms with Crippen LogP contribution in [0.2, 0.25) is 0 Å². The van der Waals surface area contributed by atoms with E-state index in [1.54, 1.807) is 25.2 Å². The van der Waals surface area contributed by atoms with Gasteiger partial charge in [-0.3, -0.25) is 4.99 Å². The third kappa shape index (κ3) is 6.26. The van der Waals surface area contributed by atoms with Crippen molar-refractivity contribution in [2.45, 2.75) is 11.4 Å². The van der Waals surface area contributed by atoms with Crippen molar-refractivity contribution in [3.8, 4) is 5.75 Å². The number of aliphatic imine (C=N–C) groups is 1. The van der Waals surface area contributed by atoms with Crippen LogP contribution in [-0.4, -0.2) is 53.6 Å². The maximum absolute atomic E-state index is 11.9. The highest BCUT2D eigenvalue weighted by Gasteiger charge is 2.12. The number of rotatable bonds is 8. The minimum Gasteiger partial charge on any atom is -0.492 e. The molecule has 0 amide bonds. The summed E-state index contributed by atoms with van der Waals surface area (Å²) in [6, 6.07) is 16.4. The van der Waals surface area contributed by atoms with Gasteiger partial charge in [0.05, 0.1) is 11.4 Å². The number of sulfonamides is 1. The molecule has 0 fully saturated rings. The number of hydrogen-bond donors (Lipinski definition) is 2. The molecular weight excluding hydrogens is 364 g/mol. The number of ether oxygens (including phenoxy) is 1. The van der Waals surface area contributed by atoms with E-state index in [1.165, 1.54) is 7.05 Å². The van der Waals surface area contributed by atoms with Gasteiger partial charge in [-0.25, -0.2) is 13.1 Å². The Balaban J connectivity index is 1.88. The van der Waals surface area contributed by atoms with Crippen LogP contribution < -0.4 is 14.8 Å². The first-order chi connectivity index (χ1) is 13.0. The third-order valence-electron chi connectivity index (χ3n) is 3.94. The summed E-state index contributed by atoms with van der Waals surface area (Å²) in [5.41, 5.74) is 0.849. The van der Waals surface area contributed by atoms with E-state index in [0.717, 1.165) is 11.3 Å². The van der Waals surface area contributed by atoms with Crippen molar-refractivity contribution in [2.24, 2.45) is 4.99 Å². The molecule has 0 saturated heterocycles. The van der Waals surface area contributed by atoms with Crippen LogP contribution >= 0.6 is 0 Å². The lowest BCUT2D eigenvalue weighted by Crippen LogP contribution is -2.40. The SMILES string of the molecule is CN=C(NCc1cccc(S(=O)(=O)NC)c1)N(C)CCOc1ccccc1. The Morgan fingerprint density at radius 1 is 1.15 bits per heavy atom. The monoisotopic (exact) mass is 390 g/mol. The second-order valence-electron chi connectivity index (χ2n) is 5.84. The molecule has 7 nitrogen and oxygen atoms in total. The molecule has 0 spiro atoms. The number of benzene rings is 2. The van der Waals surface area contributed by atoms with E-state index in [2.05, 4.69) is 15.0 Å². The average Bonchev–Trinajstić information content (AvgIpc) is 2.69. The molecule has 0 unspecified atom stereocenters. The summed E-state index contributed by atoms with van der Waals surface area (Å²) in [5.74, 6) is 1.53. The number of hydrogen-bond acceptors (Lipinski definition) is 4. The highest BCUT2D eigenvalue weighted by Crippen LogP contribution is 2.11. The minimum absolute atomic E-state index is 0.240. The summed E-state index contributed by atoms with van der Waals surface area (Å²) >= 11 is 0. The van der Waals surface area contributed by atoms with Crippen LogP contribution in [0.4, 0.5) is 0 Å². The first-order valence-corrected chi connectivity index (χ1v) is 10.1. The van der Waals surface area contributed by atoms with Crippen LogP contribution in [0.3, 0.4) is 0 Å². The molecular formula is C19H26N4O3S. The second-order valence-corrected chi connectivity index (χ2v) is 7.73. The minimum atomic E-state index is -3.45. The Labute approximate surface area is 161 Å². The summed E-state index contributed by atoms with van der Waals surface area (Å²) in [6.45, 7) is 1.64. The molecule has 0 atom stereocenters. The lowest BCUT2D eigenvalue weighted by molar-refractivity contribution is 0.281. The predicted octanol–water partition coefficient (Wildman–Crippen LogP) is 1.68. The summed E-state index contributed by atoms with van der Waals surface area (Å²) < 4.78 is 31.9. The zero-order chi connectivity index (χ0) is 19.7. The van der Waals surface area contributed by atoms with Gasteiger partial charge in [-0.05, 0) is 36.9 Å². The summed E-state index contributed by atoms with van der Waals surface area (Å²) in [6.07, 6.45) is 0. The molecule has 0 aliphatic carbocycles. The number of para-hydroxylation sites is 1. The van der Waals surface area contributed by atoms with Gasteiger partial charge in [-0.2, -0.15) is 0 Å². The summed E-state index contributed by atoms with van der Waals surface area (Å²) in [4.78, 5) is 6.46. The maximum atomic E-state index is 11.9. The average molecular weight is 391 g/mol. The lowest BCUT2D eigenvalue weighted by atomic mass is 10.2. The second kappa shape index (κ2) is 9.94. The van der Waals surface area contributed by atoms with Gasteiger partial charge in [0.2, 0.25) is 10.0 Å². The van der Waals surface area contributed by atoms with Crippen LogP contribution in [0.15, 0.2) is 64.5 Å². The zero-order valence-corrected chi connectivity index (χ0v) is 16.7. The smallest absolute Gasteiger partial charge is 0.240 e. The van der Waals surface area contributed by atoms with Crippen molar-refractivity contribution in [1.29, 1.82) is 0 Å². The molecule has 8 heteroatoms. The largest absolute Gasteiger partial charge is 0.492 e. The molecule has 2 aromatic carbocycles. The fourth-order valence-electron chi connectivity index (χ4n) is 2.43. The standard InChI is InChI=1S/C19H26N4O3S/c1-20-19(23(3)12-13-26-17-9-5-4-6-10-17)22-15-16-8-7-11-18(14-16)27(24,25)21-2/h4-11,14,21H,12-13,15H2,1-3H3,(H,20,22). The van der Waals surface area contributed by atoms with Crippen LogP contribution in [0.25, 0.3) is 0 Å². The number of nitrogens with one attached hydrogen (secondary N) is 2. The van der Waals surface area contributed by atoms with E-state index in [9.17, 15) is 8.42 Å². The van der Waals surface area contributed by atoms with E-state index in [4.69, 9.17) is 4.74 Å². The summed E-state index contributed by atoms with van der Waals surface area (Å²) in [7, 11) is 1.57. The molecule has 2 N–H and O–H groups in total. The van der Waals surface area contributed by atoms with Crippen LogP contribution in [0, 0.1) is 0 Å². The highest BCUT2D eigenvalue weighted by molar-refractivity contribution is 7.89. The van der Waals surface area contributed by atoms with Crippen molar-refractivity contribution in [1.82, 2.24) is 14.9 Å². The van der Waals surface area contributed by atoms with Gasteiger partial charge in [0, 0.05) is 20.6 Å². The van der Waals surface area contributed by atoms with E-state index < -0.39 is 10.0 Å². The number of likely N-dealkylation sites (N-methyl/N-ethyl adjacent to an activating group) is 1. The number of nitrogens with zero attached hydrogens (tertiary/aromatic N) is 2. The predicted molar refractivity (Wildman–Crippen MR) is 107 cm³/mol. The first kappa shape index (κ1) is 20.7. The topological polar surface area (TPSA) is 83.0 Å². The van der Waals surface area contributed by atoms with Gasteiger partial charge in [0.25, 0.3) is 0 Å². The normalized spacial score (nSPS) is 11.9. The highest BCUT2D eigenvalue weighted by atomic mass is 32.2. The van der Waals surface area contributed by atoms with Crippen molar-refractivity contribution >= 4 is 16.0 Å². The fraction of sp³-hybridized carbons (Fsp3) is 0.316. The van der Waals surface area contributed by atoms with Crippen molar-refractivity contribution in [2.75, 3.05) is 34.3 Å². The van der Waals surface area contributed by atoms with Crippen molar-refractivity contribution in [3.05, 3.63) is 60.2 Å². The van der Waals surface area contributed by atoms with Gasteiger partial charge in [-0.15, -0.1) is 0 Å². The molecule has 0 aliphatic rings. The molecule has 0 heterocycles. The molecule has 0 bridgehead atoms. The van der Waals surface area contributed by atoms with Crippen LogP contribution in [0.5, 0.6) is 5.75 Å². The van der Waals surface area contributed by atoms with Crippen LogP contribution in [0.1, 0.15) is 5.56 Å². The molecule has 0 aromatic heterocycles. The number of guanidine groups is 1. The Morgan fingerprint density at radius 3 is 2.56 bits per heavy atom. The molecule has 2 aromatic rings. The van der Waals surface area contributed by atoms with Crippen LogP contribution in [-0.2, 0) is 16.6 Å². The van der Waals surface area contributed by atoms with Gasteiger partial charge in [-0.1, -0.05) is 30.3 Å². The van der Waals surface area contributed by atoms with E-state index in [1.807, 2.05) is 48.3 Å². The molecule has 2 rings (SSSR count). The Hall–Kier alpha value is -2.58. The molecule has 0 saturated carbocycles. The Morgan fingerprint density at radius 2 is 1.89 bits per heavy atom. The van der Waals surface area contributed by atoms with Gasteiger partial charge in [0.1, 0.15) is 12.4 Å². The molecule has 146 valence electrons. The van der Waals surface area contributed by atoms with Crippen molar-refractivity contribution < 1.29 is 13.2 Å². The summed E-state index contributed by atoms with van der Waals surface area (Å²) in [5, 5.41) is 3.24. The Kier molecular flexibility index (Phi) is 7.63. The quantitative estimate of drug-likeness (QED) is 0.529. The van der Waals surface area contributed by atoms with Gasteiger partial charge in [0.15, 0.2) is 5.96 Å². The van der Waals surface area contributed by atoms with E-state index >= 15 is 0 Å². The first-order valence-electron chi connectivity index (χ1n) is 8.58.